The molecule has 4 N–H and O–H groups in total. The summed E-state index contributed by atoms with van der Waals surface area (Å²) in [6, 6.07) is 1.94. The van der Waals surface area contributed by atoms with E-state index in [1.165, 1.54) is 0 Å². The molecule has 172 valence electrons. The Labute approximate surface area is 180 Å². The van der Waals surface area contributed by atoms with Crippen molar-refractivity contribution in [1.29, 1.82) is 0 Å². The highest BCUT2D eigenvalue weighted by Crippen LogP contribution is 2.41. The molecule has 0 aromatic heterocycles. The molecule has 30 heavy (non-hydrogen) atoms. The van der Waals surface area contributed by atoms with E-state index in [1.807, 2.05) is 5.32 Å². The minimum absolute atomic E-state index is 0.0156. The lowest BCUT2D eigenvalue weighted by Gasteiger charge is -2.31. The topological polar surface area (TPSA) is 87.8 Å². The molecule has 0 saturated carbocycles. The molecule has 2 rings (SSSR count). The van der Waals surface area contributed by atoms with Crippen molar-refractivity contribution < 1.29 is 27.8 Å². The molecule has 0 unspecified atom stereocenters. The van der Waals surface area contributed by atoms with Crippen molar-refractivity contribution in [3.63, 3.8) is 0 Å². The molecule has 1 aromatic rings. The van der Waals surface area contributed by atoms with Gasteiger partial charge in [0.1, 0.15) is 0 Å². The number of hydrogen-bond acceptors (Lipinski definition) is 5. The Bertz CT molecular complexity index is 711. The van der Waals surface area contributed by atoms with Gasteiger partial charge in [-0.15, -0.1) is 0 Å². The summed E-state index contributed by atoms with van der Waals surface area (Å²) < 4.78 is 45.1. The average molecular weight is 452 g/mol. The van der Waals surface area contributed by atoms with Crippen LogP contribution in [0.1, 0.15) is 47.1 Å². The minimum Gasteiger partial charge on any atom is -0.465 e. The third-order valence-electron chi connectivity index (χ3n) is 3.68. The number of nitrogens with one attached hydrogen (secondary N) is 1. The standard InChI is InChI=1S/C12H14F3N3O2S.C8H18O/c13-12(14,15)7-5-8(16)9(17-11(19)20)6-10(7)18-1-3-21-4-2-18;1-7(2,3)9-8(4,5)6/h5-6,17H,1-4,16H2,(H,19,20);1-6H3. The molecule has 1 heterocycles. The van der Waals surface area contributed by atoms with Gasteiger partial charge >= 0.3 is 12.3 Å². The van der Waals surface area contributed by atoms with Crippen LogP contribution in [0.5, 0.6) is 0 Å². The van der Waals surface area contributed by atoms with Gasteiger partial charge in [0.25, 0.3) is 0 Å². The van der Waals surface area contributed by atoms with Gasteiger partial charge in [0.2, 0.25) is 0 Å². The molecule has 1 aliphatic rings. The molecule has 0 atom stereocenters. The van der Waals surface area contributed by atoms with E-state index in [0.29, 0.717) is 13.1 Å². The van der Waals surface area contributed by atoms with Gasteiger partial charge in [0, 0.05) is 24.6 Å². The first-order valence-electron chi connectivity index (χ1n) is 9.53. The van der Waals surface area contributed by atoms with Crippen molar-refractivity contribution in [3.05, 3.63) is 17.7 Å². The van der Waals surface area contributed by atoms with E-state index in [-0.39, 0.29) is 28.3 Å². The monoisotopic (exact) mass is 451 g/mol. The van der Waals surface area contributed by atoms with Crippen molar-refractivity contribution in [1.82, 2.24) is 0 Å². The molecule has 10 heteroatoms. The highest BCUT2D eigenvalue weighted by atomic mass is 32.2. The highest BCUT2D eigenvalue weighted by Gasteiger charge is 2.36. The van der Waals surface area contributed by atoms with E-state index < -0.39 is 17.8 Å². The van der Waals surface area contributed by atoms with Gasteiger partial charge in [-0.1, -0.05) is 0 Å². The molecule has 0 radical (unpaired) electrons. The number of hydrogen-bond donors (Lipinski definition) is 3. The molecule has 6 nitrogen and oxygen atoms in total. The van der Waals surface area contributed by atoms with Crippen molar-refractivity contribution in [2.24, 2.45) is 0 Å². The summed E-state index contributed by atoms with van der Waals surface area (Å²) in [6.07, 6.45) is -5.92. The summed E-state index contributed by atoms with van der Waals surface area (Å²) in [4.78, 5) is 12.3. The molecule has 1 amide bonds. The summed E-state index contributed by atoms with van der Waals surface area (Å²) >= 11 is 1.67. The van der Waals surface area contributed by atoms with Gasteiger partial charge in [0.05, 0.1) is 33.8 Å². The van der Waals surface area contributed by atoms with Crippen molar-refractivity contribution in [2.75, 3.05) is 40.5 Å². The predicted molar refractivity (Wildman–Crippen MR) is 118 cm³/mol. The SMILES string of the molecule is CC(C)(C)OC(C)(C)C.Nc1cc(C(F)(F)F)c(N2CCSCC2)cc1NC(=O)O. The number of thioether (sulfide) groups is 1. The van der Waals surface area contributed by atoms with Crippen molar-refractivity contribution >= 4 is 34.9 Å². The fourth-order valence-electron chi connectivity index (χ4n) is 3.04. The van der Waals surface area contributed by atoms with Crippen LogP contribution in [0.4, 0.5) is 35.0 Å². The van der Waals surface area contributed by atoms with E-state index in [0.717, 1.165) is 23.6 Å². The van der Waals surface area contributed by atoms with Crippen LogP contribution in [-0.2, 0) is 10.9 Å². The summed E-state index contributed by atoms with van der Waals surface area (Å²) in [5, 5.41) is 10.7. The summed E-state index contributed by atoms with van der Waals surface area (Å²) in [6.45, 7) is 13.4. The second kappa shape index (κ2) is 10.00. The van der Waals surface area contributed by atoms with Crippen LogP contribution in [0.15, 0.2) is 12.1 Å². The average Bonchev–Trinajstić information content (AvgIpc) is 2.53. The maximum atomic E-state index is 13.2. The molecule has 1 aromatic carbocycles. The van der Waals surface area contributed by atoms with E-state index in [4.69, 9.17) is 15.6 Å². The van der Waals surface area contributed by atoms with Crippen LogP contribution in [0, 0.1) is 0 Å². The Balaban J connectivity index is 0.000000424. The normalized spacial score (nSPS) is 15.3. The molecular weight excluding hydrogens is 419 g/mol. The highest BCUT2D eigenvalue weighted by molar-refractivity contribution is 7.99. The Kier molecular flexibility index (Phi) is 8.74. The van der Waals surface area contributed by atoms with Gasteiger partial charge in [-0.25, -0.2) is 4.79 Å². The number of ether oxygens (including phenoxy) is 1. The number of rotatable bonds is 2. The van der Waals surface area contributed by atoms with Crippen LogP contribution in [-0.4, -0.2) is 47.0 Å². The minimum atomic E-state index is -4.55. The van der Waals surface area contributed by atoms with Crippen LogP contribution in [0.3, 0.4) is 0 Å². The Morgan fingerprint density at radius 1 is 1.10 bits per heavy atom. The van der Waals surface area contributed by atoms with Crippen molar-refractivity contribution in [3.8, 4) is 0 Å². The molecule has 1 saturated heterocycles. The molecular formula is C20H32F3N3O3S. The number of carboxylic acid groups (broad SMARTS) is 1. The second-order valence-corrected chi connectivity index (χ2v) is 10.0. The number of anilines is 3. The maximum absolute atomic E-state index is 13.2. The number of nitrogens with zero attached hydrogens (tertiary/aromatic N) is 1. The van der Waals surface area contributed by atoms with E-state index in [2.05, 4.69) is 41.5 Å². The van der Waals surface area contributed by atoms with Gasteiger partial charge in [0.15, 0.2) is 0 Å². The van der Waals surface area contributed by atoms with Gasteiger partial charge < -0.3 is 20.5 Å². The van der Waals surface area contributed by atoms with E-state index >= 15 is 0 Å². The predicted octanol–water partition coefficient (Wildman–Crippen LogP) is 5.53. The largest absolute Gasteiger partial charge is 0.465 e. The Morgan fingerprint density at radius 3 is 1.97 bits per heavy atom. The lowest BCUT2D eigenvalue weighted by Crippen LogP contribution is -2.34. The first kappa shape index (κ1) is 26.2. The fourth-order valence-corrected chi connectivity index (χ4v) is 3.94. The van der Waals surface area contributed by atoms with Crippen LogP contribution in [0.2, 0.25) is 0 Å². The number of benzene rings is 1. The zero-order valence-corrected chi connectivity index (χ0v) is 19.1. The Morgan fingerprint density at radius 2 is 1.60 bits per heavy atom. The lowest BCUT2D eigenvalue weighted by molar-refractivity contribution is -0.137. The van der Waals surface area contributed by atoms with Gasteiger partial charge in [-0.05, 0) is 53.7 Å². The molecule has 0 bridgehead atoms. The number of nitrogens with two attached hydrogens (primary N) is 1. The second-order valence-electron chi connectivity index (χ2n) is 8.81. The smallest absolute Gasteiger partial charge is 0.418 e. The van der Waals surface area contributed by atoms with Gasteiger partial charge in [-0.2, -0.15) is 24.9 Å². The maximum Gasteiger partial charge on any atom is 0.418 e. The summed E-state index contributed by atoms with van der Waals surface area (Å²) in [5.74, 6) is 1.45. The number of alkyl halides is 3. The third-order valence-corrected chi connectivity index (χ3v) is 4.62. The van der Waals surface area contributed by atoms with E-state index in [9.17, 15) is 18.0 Å². The summed E-state index contributed by atoms with van der Waals surface area (Å²) in [5.41, 5.74) is 4.31. The zero-order valence-electron chi connectivity index (χ0n) is 18.3. The third kappa shape index (κ3) is 9.34. The first-order valence-corrected chi connectivity index (χ1v) is 10.7. The number of halogens is 3. The van der Waals surface area contributed by atoms with Crippen LogP contribution < -0.4 is 16.0 Å². The summed E-state index contributed by atoms with van der Waals surface area (Å²) in [7, 11) is 0. The Hall–Kier alpha value is -1.81. The van der Waals surface area contributed by atoms with Gasteiger partial charge in [-0.3, -0.25) is 5.32 Å². The quantitative estimate of drug-likeness (QED) is 0.513. The van der Waals surface area contributed by atoms with Crippen molar-refractivity contribution in [2.45, 2.75) is 58.9 Å². The van der Waals surface area contributed by atoms with Crippen LogP contribution >= 0.6 is 11.8 Å². The molecule has 0 spiro atoms. The first-order chi connectivity index (χ1) is 13.5. The lowest BCUT2D eigenvalue weighted by atomic mass is 10.1. The fraction of sp³-hybridized carbons (Fsp3) is 0.650. The molecule has 1 fully saturated rings. The molecule has 1 aliphatic heterocycles. The zero-order chi connectivity index (χ0) is 23.3. The van der Waals surface area contributed by atoms with Crippen LogP contribution in [0.25, 0.3) is 0 Å². The number of carbonyl (C=O) groups is 1. The number of nitrogen functional groups attached to an aromatic ring is 1. The molecule has 0 aliphatic carbocycles. The number of amides is 1. The van der Waals surface area contributed by atoms with E-state index in [1.54, 1.807) is 16.7 Å².